The van der Waals surface area contributed by atoms with Gasteiger partial charge in [-0.1, -0.05) is 13.8 Å². The predicted octanol–water partition coefficient (Wildman–Crippen LogP) is 2.38. The Morgan fingerprint density at radius 3 is 2.67 bits per heavy atom. The summed E-state index contributed by atoms with van der Waals surface area (Å²) in [6.45, 7) is 12.0. The molecular weight excluding hydrogens is 228 g/mol. The third kappa shape index (κ3) is 2.22. The molecule has 0 aliphatic carbocycles. The van der Waals surface area contributed by atoms with E-state index in [0.717, 1.165) is 25.9 Å². The fourth-order valence-corrected chi connectivity index (χ4v) is 3.26. The minimum Gasteiger partial charge on any atom is -0.444 e. The minimum absolute atomic E-state index is 0.0503. The normalized spacial score (nSPS) is 31.9. The second kappa shape index (κ2) is 4.41. The number of ether oxygens (including phenoxy) is 1. The van der Waals surface area contributed by atoms with E-state index in [2.05, 4.69) is 19.2 Å². The van der Waals surface area contributed by atoms with Crippen LogP contribution in [0.5, 0.6) is 0 Å². The molecule has 4 heteroatoms. The maximum atomic E-state index is 12.5. The molecule has 18 heavy (non-hydrogen) atoms. The number of rotatable bonds is 1. The molecule has 4 nitrogen and oxygen atoms in total. The lowest BCUT2D eigenvalue weighted by Crippen LogP contribution is -2.65. The van der Waals surface area contributed by atoms with Crippen LogP contribution in [0.15, 0.2) is 0 Å². The Labute approximate surface area is 110 Å². The molecule has 1 N–H and O–H groups in total. The molecule has 2 bridgehead atoms. The average Bonchev–Trinajstić information content (AvgIpc) is 2.45. The number of hydrogen-bond donors (Lipinski definition) is 1. The van der Waals surface area contributed by atoms with Crippen molar-refractivity contribution in [3.8, 4) is 0 Å². The molecule has 2 atom stereocenters. The summed E-state index contributed by atoms with van der Waals surface area (Å²) in [7, 11) is 0. The van der Waals surface area contributed by atoms with Crippen molar-refractivity contribution in [3.63, 3.8) is 0 Å². The SMILES string of the molecule is CC(C)[C@@]12CC[C@@H](CNC1)N2C(=O)OC(C)(C)C. The van der Waals surface area contributed by atoms with Crippen LogP contribution in [0.2, 0.25) is 0 Å². The van der Waals surface area contributed by atoms with E-state index in [0.29, 0.717) is 12.0 Å². The lowest BCUT2D eigenvalue weighted by Gasteiger charge is -2.47. The van der Waals surface area contributed by atoms with Gasteiger partial charge in [0.2, 0.25) is 0 Å². The van der Waals surface area contributed by atoms with Crippen molar-refractivity contribution >= 4 is 6.09 Å². The summed E-state index contributed by atoms with van der Waals surface area (Å²) in [5.74, 6) is 0.447. The highest BCUT2D eigenvalue weighted by atomic mass is 16.6. The van der Waals surface area contributed by atoms with Crippen LogP contribution in [-0.4, -0.2) is 41.3 Å². The van der Waals surface area contributed by atoms with E-state index in [1.807, 2.05) is 25.7 Å². The first kappa shape index (κ1) is 13.7. The summed E-state index contributed by atoms with van der Waals surface area (Å²) < 4.78 is 5.59. The number of nitrogens with zero attached hydrogens (tertiary/aromatic N) is 1. The van der Waals surface area contributed by atoms with Gasteiger partial charge in [0.05, 0.1) is 5.54 Å². The average molecular weight is 254 g/mol. The van der Waals surface area contributed by atoms with Crippen molar-refractivity contribution in [2.24, 2.45) is 5.92 Å². The van der Waals surface area contributed by atoms with Crippen LogP contribution in [0.25, 0.3) is 0 Å². The van der Waals surface area contributed by atoms with Crippen LogP contribution >= 0.6 is 0 Å². The van der Waals surface area contributed by atoms with Crippen LogP contribution in [0.4, 0.5) is 4.79 Å². The molecule has 0 unspecified atom stereocenters. The molecule has 2 saturated heterocycles. The molecule has 0 radical (unpaired) electrons. The lowest BCUT2D eigenvalue weighted by molar-refractivity contribution is -0.0217. The Morgan fingerprint density at radius 2 is 2.11 bits per heavy atom. The summed E-state index contributed by atoms with van der Waals surface area (Å²) in [5, 5.41) is 3.47. The first-order chi connectivity index (χ1) is 8.26. The maximum Gasteiger partial charge on any atom is 0.411 e. The second-order valence-electron chi connectivity index (χ2n) is 6.93. The van der Waals surface area contributed by atoms with Gasteiger partial charge in [0.15, 0.2) is 0 Å². The summed E-state index contributed by atoms with van der Waals surface area (Å²) >= 11 is 0. The molecule has 0 aromatic carbocycles. The van der Waals surface area contributed by atoms with Crippen molar-refractivity contribution in [2.75, 3.05) is 13.1 Å². The van der Waals surface area contributed by atoms with Crippen LogP contribution in [0.1, 0.15) is 47.5 Å². The number of fused-ring (bicyclic) bond motifs is 2. The molecule has 104 valence electrons. The lowest BCUT2D eigenvalue weighted by atomic mass is 9.83. The molecule has 2 rings (SSSR count). The highest BCUT2D eigenvalue weighted by Crippen LogP contribution is 2.42. The summed E-state index contributed by atoms with van der Waals surface area (Å²) in [6.07, 6.45) is 2.03. The van der Waals surface area contributed by atoms with Gasteiger partial charge in [-0.2, -0.15) is 0 Å². The molecule has 0 aromatic rings. The van der Waals surface area contributed by atoms with Crippen molar-refractivity contribution in [3.05, 3.63) is 0 Å². The highest BCUT2D eigenvalue weighted by Gasteiger charge is 2.53. The van der Waals surface area contributed by atoms with Crippen molar-refractivity contribution in [1.29, 1.82) is 0 Å². The zero-order valence-corrected chi connectivity index (χ0v) is 12.2. The van der Waals surface area contributed by atoms with Gasteiger partial charge in [-0.15, -0.1) is 0 Å². The smallest absolute Gasteiger partial charge is 0.411 e. The number of amides is 1. The van der Waals surface area contributed by atoms with Gasteiger partial charge in [0.25, 0.3) is 0 Å². The van der Waals surface area contributed by atoms with Crippen molar-refractivity contribution in [2.45, 2.75) is 64.6 Å². The van der Waals surface area contributed by atoms with Crippen molar-refractivity contribution < 1.29 is 9.53 Å². The standard InChI is InChI=1S/C14H26N2O2/c1-10(2)14-7-6-11(8-15-9-14)16(14)12(17)18-13(3,4)5/h10-11,15H,6-9H2,1-5H3/t11-,14+/m0/s1. The van der Waals surface area contributed by atoms with E-state index in [9.17, 15) is 4.79 Å². The quantitative estimate of drug-likeness (QED) is 0.781. The number of carbonyl (C=O) groups excluding carboxylic acids is 1. The number of piperazine rings is 1. The van der Waals surface area contributed by atoms with Gasteiger partial charge in [-0.25, -0.2) is 4.79 Å². The van der Waals surface area contributed by atoms with Crippen LogP contribution in [0, 0.1) is 5.92 Å². The Hall–Kier alpha value is -0.770. The molecule has 0 saturated carbocycles. The van der Waals surface area contributed by atoms with Crippen LogP contribution in [0.3, 0.4) is 0 Å². The molecule has 0 spiro atoms. The van der Waals surface area contributed by atoms with E-state index in [-0.39, 0.29) is 11.6 Å². The largest absolute Gasteiger partial charge is 0.444 e. The van der Waals surface area contributed by atoms with E-state index in [1.165, 1.54) is 0 Å². The zero-order valence-electron chi connectivity index (χ0n) is 12.2. The topological polar surface area (TPSA) is 41.6 Å². The van der Waals surface area contributed by atoms with E-state index >= 15 is 0 Å². The van der Waals surface area contributed by atoms with E-state index < -0.39 is 5.60 Å². The molecule has 0 aromatic heterocycles. The van der Waals surface area contributed by atoms with Crippen LogP contribution < -0.4 is 5.32 Å². The Kier molecular flexibility index (Phi) is 3.34. The number of carbonyl (C=O) groups is 1. The third-order valence-electron chi connectivity index (χ3n) is 4.23. The Balaban J connectivity index is 2.22. The van der Waals surface area contributed by atoms with E-state index in [1.54, 1.807) is 0 Å². The van der Waals surface area contributed by atoms with Gasteiger partial charge in [-0.3, -0.25) is 4.90 Å². The van der Waals surface area contributed by atoms with Crippen molar-refractivity contribution in [1.82, 2.24) is 10.2 Å². The summed E-state index contributed by atoms with van der Waals surface area (Å²) in [6, 6.07) is 0.302. The summed E-state index contributed by atoms with van der Waals surface area (Å²) in [5.41, 5.74) is -0.467. The summed E-state index contributed by atoms with van der Waals surface area (Å²) in [4.78, 5) is 14.5. The first-order valence-corrected chi connectivity index (χ1v) is 6.99. The fraction of sp³-hybridized carbons (Fsp3) is 0.929. The first-order valence-electron chi connectivity index (χ1n) is 6.99. The second-order valence-corrected chi connectivity index (χ2v) is 6.93. The van der Waals surface area contributed by atoms with Crippen LogP contribution in [-0.2, 0) is 4.74 Å². The van der Waals surface area contributed by atoms with Gasteiger partial charge in [0.1, 0.15) is 5.60 Å². The van der Waals surface area contributed by atoms with Gasteiger partial charge in [0, 0.05) is 19.1 Å². The fourth-order valence-electron chi connectivity index (χ4n) is 3.26. The predicted molar refractivity (Wildman–Crippen MR) is 71.5 cm³/mol. The number of hydrogen-bond acceptors (Lipinski definition) is 3. The Bertz CT molecular complexity index is 331. The molecule has 1 amide bonds. The molecule has 2 aliphatic heterocycles. The van der Waals surface area contributed by atoms with Gasteiger partial charge in [-0.05, 0) is 39.5 Å². The maximum absolute atomic E-state index is 12.5. The third-order valence-corrected chi connectivity index (χ3v) is 4.23. The molecule has 2 fully saturated rings. The monoisotopic (exact) mass is 254 g/mol. The Morgan fingerprint density at radius 1 is 1.44 bits per heavy atom. The zero-order chi connectivity index (χ0) is 13.6. The highest BCUT2D eigenvalue weighted by molar-refractivity contribution is 5.70. The number of nitrogens with one attached hydrogen (secondary N) is 1. The van der Waals surface area contributed by atoms with Gasteiger partial charge >= 0.3 is 6.09 Å². The molecule has 2 heterocycles. The molecular formula is C14H26N2O2. The van der Waals surface area contributed by atoms with E-state index in [4.69, 9.17) is 4.74 Å². The minimum atomic E-state index is -0.417. The molecule has 2 aliphatic rings. The van der Waals surface area contributed by atoms with Gasteiger partial charge < -0.3 is 10.1 Å².